The van der Waals surface area contributed by atoms with Crippen LogP contribution in [0.15, 0.2) is 82.0 Å². The number of nitrogens with zero attached hydrogens (tertiary/aromatic N) is 3. The summed E-state index contributed by atoms with van der Waals surface area (Å²) in [4.78, 5) is 33.4. The summed E-state index contributed by atoms with van der Waals surface area (Å²) in [5, 5.41) is 6.35. The molecular formula is C33H41N7O2. The van der Waals surface area contributed by atoms with Gasteiger partial charge in [-0.05, 0) is 71.7 Å². The van der Waals surface area contributed by atoms with E-state index in [-0.39, 0.29) is 35.7 Å². The molecule has 1 saturated carbocycles. The van der Waals surface area contributed by atoms with Crippen molar-refractivity contribution in [2.45, 2.75) is 71.8 Å². The van der Waals surface area contributed by atoms with Crippen molar-refractivity contribution in [2.24, 2.45) is 27.1 Å². The molecule has 0 saturated heterocycles. The SMILES string of the molecule is CCCC[C@H](c1ccc(C(=O)NC/C(N)=N/NN)cc1)N1C(=O)C(c2cccc(C3CC3)c2)=NC1=C=C=CC(C)(C)C. The van der Waals surface area contributed by atoms with Gasteiger partial charge in [-0.15, -0.1) is 0 Å². The highest BCUT2D eigenvalue weighted by atomic mass is 16.2. The number of benzene rings is 2. The normalized spacial score (nSPS) is 16.0. The number of hydrogen-bond acceptors (Lipinski definition) is 6. The molecule has 1 fully saturated rings. The molecule has 4 rings (SSSR count). The third-order valence-electron chi connectivity index (χ3n) is 7.10. The van der Waals surface area contributed by atoms with Crippen LogP contribution in [0.25, 0.3) is 0 Å². The molecule has 1 atom stereocenters. The average molecular weight is 568 g/mol. The molecule has 42 heavy (non-hydrogen) atoms. The molecule has 9 nitrogen and oxygen atoms in total. The van der Waals surface area contributed by atoms with E-state index in [1.54, 1.807) is 17.0 Å². The van der Waals surface area contributed by atoms with Gasteiger partial charge in [-0.3, -0.25) is 14.5 Å². The molecule has 0 bridgehead atoms. The van der Waals surface area contributed by atoms with Crippen molar-refractivity contribution in [3.8, 4) is 0 Å². The molecular weight excluding hydrogens is 526 g/mol. The molecule has 1 heterocycles. The Bertz CT molecular complexity index is 1470. The van der Waals surface area contributed by atoms with Crippen LogP contribution in [0.3, 0.4) is 0 Å². The average Bonchev–Trinajstić information content (AvgIpc) is 3.77. The molecule has 220 valence electrons. The molecule has 0 unspecified atom stereocenters. The Morgan fingerprint density at radius 2 is 1.95 bits per heavy atom. The van der Waals surface area contributed by atoms with Crippen molar-refractivity contribution in [1.82, 2.24) is 15.8 Å². The van der Waals surface area contributed by atoms with E-state index in [0.717, 1.165) is 30.4 Å². The Balaban J connectivity index is 1.69. The van der Waals surface area contributed by atoms with Gasteiger partial charge >= 0.3 is 0 Å². The number of aliphatic imine (C=N–C) groups is 1. The number of carbonyl (C=O) groups excluding carboxylic acids is 2. The van der Waals surface area contributed by atoms with Gasteiger partial charge in [-0.1, -0.05) is 76.6 Å². The fourth-order valence-corrected chi connectivity index (χ4v) is 4.75. The van der Waals surface area contributed by atoms with Gasteiger partial charge in [0, 0.05) is 11.1 Å². The van der Waals surface area contributed by atoms with E-state index in [1.807, 2.05) is 30.3 Å². The lowest BCUT2D eigenvalue weighted by molar-refractivity contribution is -0.123. The monoisotopic (exact) mass is 567 g/mol. The summed E-state index contributed by atoms with van der Waals surface area (Å²) in [6, 6.07) is 15.2. The number of hydrazone groups is 1. The minimum Gasteiger partial charge on any atom is -0.384 e. The van der Waals surface area contributed by atoms with Crippen LogP contribution in [-0.2, 0) is 4.79 Å². The predicted molar refractivity (Wildman–Crippen MR) is 166 cm³/mol. The zero-order valence-electron chi connectivity index (χ0n) is 24.9. The van der Waals surface area contributed by atoms with Crippen LogP contribution in [0.5, 0.6) is 0 Å². The Morgan fingerprint density at radius 3 is 2.60 bits per heavy atom. The summed E-state index contributed by atoms with van der Waals surface area (Å²) >= 11 is 0. The number of nitrogens with one attached hydrogen (secondary N) is 2. The number of nitrogens with two attached hydrogens (primary N) is 2. The maximum absolute atomic E-state index is 14.1. The van der Waals surface area contributed by atoms with E-state index in [4.69, 9.17) is 16.6 Å². The van der Waals surface area contributed by atoms with Crippen LogP contribution >= 0.6 is 0 Å². The first-order chi connectivity index (χ1) is 20.1. The lowest BCUT2D eigenvalue weighted by Crippen LogP contribution is -2.35. The minimum atomic E-state index is -0.295. The third-order valence-corrected chi connectivity index (χ3v) is 7.10. The highest BCUT2D eigenvalue weighted by Crippen LogP contribution is 2.41. The summed E-state index contributed by atoms with van der Waals surface area (Å²) in [6.07, 6.45) is 6.90. The first-order valence-corrected chi connectivity index (χ1v) is 14.5. The summed E-state index contributed by atoms with van der Waals surface area (Å²) in [5.41, 5.74) is 17.9. The number of amides is 2. The Hall–Kier alpha value is -4.42. The predicted octanol–water partition coefficient (Wildman–Crippen LogP) is 4.79. The van der Waals surface area contributed by atoms with Crippen LogP contribution in [-0.4, -0.2) is 34.8 Å². The van der Waals surface area contributed by atoms with Crippen molar-refractivity contribution in [3.63, 3.8) is 0 Å². The smallest absolute Gasteiger partial charge is 0.279 e. The van der Waals surface area contributed by atoms with Crippen molar-refractivity contribution < 1.29 is 9.59 Å². The van der Waals surface area contributed by atoms with Crippen LogP contribution in [0.4, 0.5) is 0 Å². The van der Waals surface area contributed by atoms with Crippen LogP contribution in [0.1, 0.15) is 98.8 Å². The summed E-state index contributed by atoms with van der Waals surface area (Å²) in [6.45, 7) is 8.43. The fraction of sp³-hybridized carbons (Fsp3) is 0.394. The van der Waals surface area contributed by atoms with Gasteiger partial charge < -0.3 is 11.1 Å². The highest BCUT2D eigenvalue weighted by molar-refractivity contribution is 6.47. The molecule has 9 heteroatoms. The number of hydrogen-bond donors (Lipinski definition) is 4. The number of amidine groups is 1. The van der Waals surface area contributed by atoms with Crippen LogP contribution < -0.4 is 22.4 Å². The Morgan fingerprint density at radius 1 is 1.21 bits per heavy atom. The molecule has 1 aliphatic carbocycles. The lowest BCUT2D eigenvalue weighted by Gasteiger charge is -2.28. The largest absolute Gasteiger partial charge is 0.384 e. The standard InChI is InChI=1S/C33H41N7O2/c1-5-6-11-27(23-15-17-24(18-16-23)31(41)36-21-28(34)38-39-35)40-29(12-8-19-33(2,3)4)37-30(32(40)42)26-10-7-9-25(20-26)22-13-14-22/h7,9-10,15-20,22,27,39H,5-6,11,13-14,21,35H2,1-4H3,(H2,34,38)(H,36,41)/t27-/m1/s1. The van der Waals surface area contributed by atoms with E-state index in [0.29, 0.717) is 23.0 Å². The van der Waals surface area contributed by atoms with Gasteiger partial charge in [0.05, 0.1) is 12.6 Å². The van der Waals surface area contributed by atoms with E-state index < -0.39 is 0 Å². The van der Waals surface area contributed by atoms with Gasteiger partial charge in [0.2, 0.25) is 0 Å². The zero-order valence-corrected chi connectivity index (χ0v) is 24.9. The van der Waals surface area contributed by atoms with E-state index in [2.05, 4.69) is 67.2 Å². The molecule has 0 aromatic heterocycles. The number of rotatable bonds is 11. The maximum Gasteiger partial charge on any atom is 0.279 e. The first-order valence-electron chi connectivity index (χ1n) is 14.5. The second-order valence-electron chi connectivity index (χ2n) is 11.8. The molecule has 2 amide bonds. The van der Waals surface area contributed by atoms with Crippen LogP contribution in [0, 0.1) is 5.41 Å². The maximum atomic E-state index is 14.1. The first kappa shape index (κ1) is 30.5. The topological polar surface area (TPSA) is 138 Å². The van der Waals surface area contributed by atoms with Crippen LogP contribution in [0.2, 0.25) is 0 Å². The number of unbranched alkanes of at least 4 members (excludes halogenated alkanes) is 1. The minimum absolute atomic E-state index is 0.0524. The molecule has 0 spiro atoms. The molecule has 0 radical (unpaired) electrons. The highest BCUT2D eigenvalue weighted by Gasteiger charge is 2.37. The molecule has 1 aliphatic heterocycles. The van der Waals surface area contributed by atoms with E-state index in [1.165, 1.54) is 18.4 Å². The van der Waals surface area contributed by atoms with Gasteiger partial charge in [-0.2, -0.15) is 5.10 Å². The van der Waals surface area contributed by atoms with Gasteiger partial charge in [-0.25, -0.2) is 16.4 Å². The van der Waals surface area contributed by atoms with E-state index >= 15 is 0 Å². The fourth-order valence-electron chi connectivity index (χ4n) is 4.75. The molecule has 2 aromatic rings. The quantitative estimate of drug-likeness (QED) is 0.102. The second kappa shape index (κ2) is 13.5. The second-order valence-corrected chi connectivity index (χ2v) is 11.8. The van der Waals surface area contributed by atoms with Crippen molar-refractivity contribution in [3.05, 3.63) is 94.1 Å². The summed E-state index contributed by atoms with van der Waals surface area (Å²) in [7, 11) is 0. The van der Waals surface area contributed by atoms with Crippen molar-refractivity contribution in [1.29, 1.82) is 0 Å². The summed E-state index contributed by atoms with van der Waals surface area (Å²) < 4.78 is 0. The molecule has 2 aromatic carbocycles. The van der Waals surface area contributed by atoms with Gasteiger partial charge in [0.25, 0.3) is 11.8 Å². The number of hydrazine groups is 1. The van der Waals surface area contributed by atoms with Crippen molar-refractivity contribution in [2.75, 3.05) is 6.54 Å². The third kappa shape index (κ3) is 7.86. The molecule has 2 aliphatic rings. The van der Waals surface area contributed by atoms with E-state index in [9.17, 15) is 9.59 Å². The Kier molecular flexibility index (Phi) is 9.81. The lowest BCUT2D eigenvalue weighted by atomic mass is 9.97. The van der Waals surface area contributed by atoms with Gasteiger partial charge in [0.1, 0.15) is 11.5 Å². The molecule has 6 N–H and O–H groups in total. The number of allylic oxidation sites excluding steroid dienone is 1. The van der Waals surface area contributed by atoms with Crippen molar-refractivity contribution >= 4 is 23.4 Å². The van der Waals surface area contributed by atoms with Gasteiger partial charge in [0.15, 0.2) is 5.82 Å². The summed E-state index contributed by atoms with van der Waals surface area (Å²) in [5.74, 6) is 5.84. The zero-order chi connectivity index (χ0) is 30.3. The Labute approximate surface area is 248 Å². The number of carbonyl (C=O) groups is 2.